The Morgan fingerprint density at radius 1 is 1.17 bits per heavy atom. The van der Waals surface area contributed by atoms with Crippen LogP contribution in [0.2, 0.25) is 0 Å². The number of rotatable bonds is 1. The molecule has 0 spiro atoms. The Kier molecular flexibility index (Phi) is 4.63. The minimum Gasteiger partial charge on any atom is -0.699 e. The number of nitrogens with zero attached hydrogens (tertiary/aromatic N) is 1. The lowest BCUT2D eigenvalue weighted by Crippen LogP contribution is -2.03. The number of hydrogen-bond donors (Lipinski definition) is 2. The number of aromatic carboxylic acids is 1. The van der Waals surface area contributed by atoms with Crippen LogP contribution in [0.3, 0.4) is 0 Å². The fourth-order valence-corrected chi connectivity index (χ4v) is 1.78. The lowest BCUT2D eigenvalue weighted by Gasteiger charge is -2.09. The summed E-state index contributed by atoms with van der Waals surface area (Å²) in [4.78, 5) is 10.6. The van der Waals surface area contributed by atoms with E-state index in [2.05, 4.69) is 5.16 Å². The first-order valence-electron chi connectivity index (χ1n) is 6.39. The zero-order valence-corrected chi connectivity index (χ0v) is 11.8. The van der Waals surface area contributed by atoms with Gasteiger partial charge in [0.1, 0.15) is 5.75 Å². The molecular formula is C15H10F3N2O4-. The van der Waals surface area contributed by atoms with E-state index in [-0.39, 0.29) is 22.7 Å². The van der Waals surface area contributed by atoms with Gasteiger partial charge in [-0.15, -0.1) is 5.69 Å². The number of benzene rings is 2. The number of hydrogen-bond acceptors (Lipinski definition) is 4. The van der Waals surface area contributed by atoms with Gasteiger partial charge in [-0.2, -0.15) is 13.2 Å². The second-order valence-electron chi connectivity index (χ2n) is 4.60. The van der Waals surface area contributed by atoms with E-state index < -0.39 is 17.7 Å². The Morgan fingerprint density at radius 2 is 1.88 bits per heavy atom. The second kappa shape index (κ2) is 6.49. The fraction of sp³-hybridized carbons (Fsp3) is 0.0667. The number of alkyl halides is 3. The van der Waals surface area contributed by atoms with Crippen LogP contribution in [-0.2, 0) is 6.18 Å². The molecule has 1 heterocycles. The zero-order chi connectivity index (χ0) is 17.9. The van der Waals surface area contributed by atoms with Crippen molar-refractivity contribution in [2.24, 2.45) is 0 Å². The van der Waals surface area contributed by atoms with Crippen LogP contribution in [0.4, 0.5) is 18.9 Å². The Bertz CT molecular complexity index is 875. The van der Waals surface area contributed by atoms with E-state index in [1.807, 2.05) is 0 Å². The molecule has 1 aromatic heterocycles. The summed E-state index contributed by atoms with van der Waals surface area (Å²) in [6.07, 6.45) is -4.34. The molecule has 0 amide bonds. The van der Waals surface area contributed by atoms with Crippen LogP contribution >= 0.6 is 0 Å². The molecule has 0 aliphatic carbocycles. The highest BCUT2D eigenvalue weighted by molar-refractivity contribution is 6.00. The molecule has 126 valence electrons. The average Bonchev–Trinajstić information content (AvgIpc) is 2.90. The van der Waals surface area contributed by atoms with Gasteiger partial charge in [-0.25, -0.2) is 4.79 Å². The van der Waals surface area contributed by atoms with Gasteiger partial charge in [0.15, 0.2) is 11.3 Å². The van der Waals surface area contributed by atoms with Gasteiger partial charge in [0.25, 0.3) is 0 Å². The first-order chi connectivity index (χ1) is 11.2. The third kappa shape index (κ3) is 3.94. The van der Waals surface area contributed by atoms with Crippen molar-refractivity contribution in [3.05, 3.63) is 59.5 Å². The standard InChI is InChI=1S/C8H5NO4.C7H5F3N/c10-4-1-2-5-6(3-4)13-9-7(5)8(11)12;8-7(9,10)5-2-1-3-6(11)4-5/h1-3,10H,(H,11,12);1-4,11H/q;-1. The summed E-state index contributed by atoms with van der Waals surface area (Å²) in [5.41, 5.74) is 6.14. The van der Waals surface area contributed by atoms with Crippen LogP contribution in [0.5, 0.6) is 5.75 Å². The van der Waals surface area contributed by atoms with Gasteiger partial charge in [0.2, 0.25) is 0 Å². The summed E-state index contributed by atoms with van der Waals surface area (Å²) in [6.45, 7) is 0. The van der Waals surface area contributed by atoms with E-state index in [1.54, 1.807) is 0 Å². The van der Waals surface area contributed by atoms with E-state index in [0.717, 1.165) is 12.1 Å². The number of carboxylic acid groups (broad SMARTS) is 1. The molecule has 0 aliphatic heterocycles. The number of nitrogens with one attached hydrogen (secondary N) is 1. The highest BCUT2D eigenvalue weighted by atomic mass is 19.4. The summed E-state index contributed by atoms with van der Waals surface area (Å²) >= 11 is 0. The quantitative estimate of drug-likeness (QED) is 0.672. The maximum absolute atomic E-state index is 11.9. The predicted molar refractivity (Wildman–Crippen MR) is 78.1 cm³/mol. The number of phenols is 1. The molecular weight excluding hydrogens is 329 g/mol. The molecule has 2 aromatic carbocycles. The maximum Gasteiger partial charge on any atom is 0.416 e. The van der Waals surface area contributed by atoms with Crippen molar-refractivity contribution >= 4 is 22.6 Å². The number of aromatic hydroxyl groups is 1. The van der Waals surface area contributed by atoms with Crippen molar-refractivity contribution in [2.75, 3.05) is 0 Å². The fourth-order valence-electron chi connectivity index (χ4n) is 1.78. The molecule has 3 rings (SSSR count). The van der Waals surface area contributed by atoms with Crippen molar-refractivity contribution in [1.29, 1.82) is 0 Å². The van der Waals surface area contributed by atoms with Gasteiger partial charge in [-0.05, 0) is 12.1 Å². The Balaban J connectivity index is 0.000000177. The van der Waals surface area contributed by atoms with Crippen molar-refractivity contribution in [3.8, 4) is 5.75 Å². The van der Waals surface area contributed by atoms with E-state index in [1.165, 1.54) is 30.3 Å². The SMILES string of the molecule is O=C(O)c1noc2cc(O)ccc12.[NH-]c1cccc(C(F)(F)F)c1. The molecule has 0 bridgehead atoms. The number of phenolic OH excluding ortho intramolecular Hbond substituents is 1. The van der Waals surface area contributed by atoms with E-state index in [0.29, 0.717) is 5.39 Å². The number of aromatic nitrogens is 1. The number of carboxylic acids is 1. The van der Waals surface area contributed by atoms with E-state index in [4.69, 9.17) is 20.5 Å². The van der Waals surface area contributed by atoms with Gasteiger partial charge < -0.3 is 20.5 Å². The van der Waals surface area contributed by atoms with Gasteiger partial charge in [0, 0.05) is 6.07 Å². The summed E-state index contributed by atoms with van der Waals surface area (Å²) in [5, 5.41) is 21.4. The van der Waals surface area contributed by atoms with Gasteiger partial charge in [-0.3, -0.25) is 0 Å². The van der Waals surface area contributed by atoms with Crippen molar-refractivity contribution in [2.45, 2.75) is 6.18 Å². The normalized spacial score (nSPS) is 11.0. The average molecular weight is 339 g/mol. The minimum atomic E-state index is -4.34. The topological polar surface area (TPSA) is 107 Å². The highest BCUT2D eigenvalue weighted by Gasteiger charge is 2.29. The number of carbonyl (C=O) groups is 1. The van der Waals surface area contributed by atoms with Crippen LogP contribution in [0.1, 0.15) is 16.1 Å². The molecule has 0 radical (unpaired) electrons. The molecule has 3 N–H and O–H groups in total. The Hall–Kier alpha value is -3.23. The summed E-state index contributed by atoms with van der Waals surface area (Å²) in [6, 6.07) is 8.39. The summed E-state index contributed by atoms with van der Waals surface area (Å²) in [7, 11) is 0. The molecule has 0 saturated carbocycles. The van der Waals surface area contributed by atoms with E-state index in [9.17, 15) is 18.0 Å². The minimum absolute atomic E-state index is 0.0144. The van der Waals surface area contributed by atoms with Crippen molar-refractivity contribution < 1.29 is 32.7 Å². The zero-order valence-electron chi connectivity index (χ0n) is 11.8. The van der Waals surface area contributed by atoms with Crippen LogP contribution < -0.4 is 0 Å². The summed E-state index contributed by atoms with van der Waals surface area (Å²) in [5.74, 6) is -1.13. The third-order valence-corrected chi connectivity index (χ3v) is 2.85. The highest BCUT2D eigenvalue weighted by Crippen LogP contribution is 2.30. The first kappa shape index (κ1) is 17.1. The number of fused-ring (bicyclic) bond motifs is 1. The molecule has 6 nitrogen and oxygen atoms in total. The first-order valence-corrected chi connectivity index (χ1v) is 6.39. The van der Waals surface area contributed by atoms with Crippen LogP contribution in [0.25, 0.3) is 16.7 Å². The van der Waals surface area contributed by atoms with Gasteiger partial charge in [-0.1, -0.05) is 29.4 Å². The predicted octanol–water partition coefficient (Wildman–Crippen LogP) is 4.62. The van der Waals surface area contributed by atoms with Gasteiger partial charge in [0.05, 0.1) is 10.9 Å². The lowest BCUT2D eigenvalue weighted by atomic mass is 10.2. The van der Waals surface area contributed by atoms with Crippen LogP contribution in [-0.4, -0.2) is 21.3 Å². The third-order valence-electron chi connectivity index (χ3n) is 2.85. The molecule has 3 aromatic rings. The maximum atomic E-state index is 11.9. The van der Waals surface area contributed by atoms with Crippen LogP contribution in [0.15, 0.2) is 47.0 Å². The number of halogens is 3. The molecule has 0 aliphatic rings. The molecule has 0 unspecified atom stereocenters. The summed E-state index contributed by atoms with van der Waals surface area (Å²) < 4.78 is 40.4. The molecule has 9 heteroatoms. The van der Waals surface area contributed by atoms with Gasteiger partial charge >= 0.3 is 12.1 Å². The molecule has 0 atom stereocenters. The Morgan fingerprint density at radius 3 is 2.42 bits per heavy atom. The Labute approximate surface area is 132 Å². The molecule has 0 fully saturated rings. The second-order valence-corrected chi connectivity index (χ2v) is 4.60. The monoisotopic (exact) mass is 339 g/mol. The smallest absolute Gasteiger partial charge is 0.416 e. The van der Waals surface area contributed by atoms with Crippen molar-refractivity contribution in [1.82, 2.24) is 5.16 Å². The largest absolute Gasteiger partial charge is 0.699 e. The van der Waals surface area contributed by atoms with Crippen molar-refractivity contribution in [3.63, 3.8) is 0 Å². The lowest BCUT2D eigenvalue weighted by molar-refractivity contribution is -0.137. The van der Waals surface area contributed by atoms with Crippen LogP contribution in [0, 0.1) is 0 Å². The molecule has 0 saturated heterocycles. The molecule has 24 heavy (non-hydrogen) atoms. The van der Waals surface area contributed by atoms with E-state index >= 15 is 0 Å².